The van der Waals surface area contributed by atoms with Crippen LogP contribution >= 0.6 is 0 Å². The fourth-order valence-corrected chi connectivity index (χ4v) is 0.641. The number of primary amides is 1. The van der Waals surface area contributed by atoms with Crippen molar-refractivity contribution in [3.8, 4) is 0 Å². The molecule has 0 aromatic rings. The minimum atomic E-state index is -1.26. The second-order valence-electron chi connectivity index (χ2n) is 3.16. The Morgan fingerprint density at radius 3 is 1.59 bits per heavy atom. The van der Waals surface area contributed by atoms with Crippen molar-refractivity contribution in [2.75, 3.05) is 0 Å². The van der Waals surface area contributed by atoms with Gasteiger partial charge in [-0.25, -0.2) is 0 Å². The SMILES string of the molecule is C=C(C)C(N)=O.CCCC(C(=O)O)C(=O)O.[CaH2]. The second-order valence-corrected chi connectivity index (χ2v) is 3.16. The van der Waals surface area contributed by atoms with Crippen molar-refractivity contribution in [1.82, 2.24) is 0 Å². The van der Waals surface area contributed by atoms with Crippen LogP contribution in [0, 0.1) is 5.92 Å². The predicted octanol–water partition coefficient (Wildman–Crippen LogP) is -0.296. The van der Waals surface area contributed by atoms with Gasteiger partial charge in [0.05, 0.1) is 0 Å². The Kier molecular flexibility index (Phi) is 15.1. The quantitative estimate of drug-likeness (QED) is 0.361. The molecule has 96 valence electrons. The Balaban J connectivity index is -0.000000244. The summed E-state index contributed by atoms with van der Waals surface area (Å²) in [5, 5.41) is 16.6. The van der Waals surface area contributed by atoms with Crippen molar-refractivity contribution in [2.24, 2.45) is 11.7 Å². The molecule has 0 aromatic carbocycles. The summed E-state index contributed by atoms with van der Waals surface area (Å²) in [7, 11) is 0. The summed E-state index contributed by atoms with van der Waals surface area (Å²) in [4.78, 5) is 30.1. The Morgan fingerprint density at radius 2 is 1.53 bits per heavy atom. The molecule has 0 atom stereocenters. The number of nitrogens with two attached hydrogens (primary N) is 1. The number of carbonyl (C=O) groups excluding carboxylic acids is 1. The maximum atomic E-state index is 10.2. The summed E-state index contributed by atoms with van der Waals surface area (Å²) in [6, 6.07) is 0. The molecule has 0 spiro atoms. The molecule has 0 aliphatic rings. The molecule has 4 N–H and O–H groups in total. The van der Waals surface area contributed by atoms with Crippen molar-refractivity contribution < 1.29 is 24.6 Å². The number of hydrogen-bond donors (Lipinski definition) is 3. The number of carboxylic acid groups (broad SMARTS) is 2. The monoisotopic (exact) mass is 273 g/mol. The molecule has 0 rings (SSSR count). The Bertz CT molecular complexity index is 264. The minimum absolute atomic E-state index is 0. The standard InChI is InChI=1S/C6H10O4.C4H7NO.Ca.2H/c1-2-3-4(5(7)8)6(9)10;1-3(2)4(5)6;;;/h4H,2-3H2,1H3,(H,7,8)(H,9,10);1H2,2H3,(H2,5,6);;;. The molecule has 0 aliphatic carbocycles. The molecular weight excluding hydrogens is 254 g/mol. The van der Waals surface area contributed by atoms with Crippen LogP contribution < -0.4 is 5.73 Å². The van der Waals surface area contributed by atoms with Gasteiger partial charge in [-0.05, 0) is 13.3 Å². The number of aliphatic carboxylic acids is 2. The van der Waals surface area contributed by atoms with Gasteiger partial charge in [0, 0.05) is 5.57 Å². The number of carboxylic acids is 2. The molecule has 0 aliphatic heterocycles. The van der Waals surface area contributed by atoms with Crippen LogP contribution in [0.2, 0.25) is 0 Å². The summed E-state index contributed by atoms with van der Waals surface area (Å²) in [5.41, 5.74) is 5.09. The van der Waals surface area contributed by atoms with Gasteiger partial charge in [-0.2, -0.15) is 0 Å². The van der Waals surface area contributed by atoms with Crippen LogP contribution in [0.1, 0.15) is 26.7 Å². The van der Waals surface area contributed by atoms with E-state index >= 15 is 0 Å². The zero-order valence-electron chi connectivity index (χ0n) is 9.40. The van der Waals surface area contributed by atoms with E-state index in [0.29, 0.717) is 12.0 Å². The number of hydrogen-bond acceptors (Lipinski definition) is 3. The van der Waals surface area contributed by atoms with E-state index in [2.05, 4.69) is 6.58 Å². The zero-order chi connectivity index (χ0) is 13.3. The fourth-order valence-electron chi connectivity index (χ4n) is 0.641. The summed E-state index contributed by atoms with van der Waals surface area (Å²) >= 11 is 0. The van der Waals surface area contributed by atoms with Crippen molar-refractivity contribution in [3.05, 3.63) is 12.2 Å². The average Bonchev–Trinajstić information content (AvgIpc) is 2.13. The number of amides is 1. The van der Waals surface area contributed by atoms with Gasteiger partial charge in [0.25, 0.3) is 0 Å². The third-order valence-electron chi connectivity index (χ3n) is 1.59. The molecule has 1 amide bonds. The van der Waals surface area contributed by atoms with Gasteiger partial charge in [-0.3, -0.25) is 14.4 Å². The van der Waals surface area contributed by atoms with E-state index in [4.69, 9.17) is 15.9 Å². The van der Waals surface area contributed by atoms with Crippen molar-refractivity contribution in [3.63, 3.8) is 0 Å². The van der Waals surface area contributed by atoms with E-state index in [1.165, 1.54) is 0 Å². The Morgan fingerprint density at radius 1 is 1.24 bits per heavy atom. The number of rotatable bonds is 5. The van der Waals surface area contributed by atoms with E-state index in [9.17, 15) is 14.4 Å². The van der Waals surface area contributed by atoms with E-state index in [1.807, 2.05) is 0 Å². The molecule has 0 radical (unpaired) electrons. The molecule has 17 heavy (non-hydrogen) atoms. The van der Waals surface area contributed by atoms with E-state index in [0.717, 1.165) is 0 Å². The van der Waals surface area contributed by atoms with Crippen LogP contribution in [0.5, 0.6) is 0 Å². The first-order valence-corrected chi connectivity index (χ1v) is 4.64. The Labute approximate surface area is 130 Å². The van der Waals surface area contributed by atoms with Crippen LogP contribution in [-0.2, 0) is 14.4 Å². The van der Waals surface area contributed by atoms with Crippen LogP contribution in [-0.4, -0.2) is 65.8 Å². The molecule has 0 bridgehead atoms. The third kappa shape index (κ3) is 13.3. The maximum absolute atomic E-state index is 10.2. The van der Waals surface area contributed by atoms with Crippen molar-refractivity contribution in [2.45, 2.75) is 26.7 Å². The van der Waals surface area contributed by atoms with Gasteiger partial charge in [0.15, 0.2) is 5.92 Å². The van der Waals surface area contributed by atoms with Crippen molar-refractivity contribution in [1.29, 1.82) is 0 Å². The van der Waals surface area contributed by atoms with E-state index < -0.39 is 23.8 Å². The van der Waals surface area contributed by atoms with Crippen LogP contribution in [0.15, 0.2) is 12.2 Å². The normalized spacial score (nSPS) is 8.41. The summed E-state index contributed by atoms with van der Waals surface area (Å²) in [6.07, 6.45) is 0.772. The van der Waals surface area contributed by atoms with E-state index in [-0.39, 0.29) is 44.2 Å². The average molecular weight is 273 g/mol. The van der Waals surface area contributed by atoms with Gasteiger partial charge in [0.2, 0.25) is 5.91 Å². The van der Waals surface area contributed by atoms with Crippen molar-refractivity contribution >= 4 is 55.6 Å². The summed E-state index contributed by atoms with van der Waals surface area (Å²) in [6.45, 7) is 6.60. The van der Waals surface area contributed by atoms with Gasteiger partial charge >= 0.3 is 49.7 Å². The first-order valence-electron chi connectivity index (χ1n) is 4.64. The first-order chi connectivity index (χ1) is 7.23. The molecule has 0 saturated carbocycles. The molecule has 0 fully saturated rings. The first kappa shape index (κ1) is 21.7. The van der Waals surface area contributed by atoms with Crippen LogP contribution in [0.3, 0.4) is 0 Å². The topological polar surface area (TPSA) is 118 Å². The van der Waals surface area contributed by atoms with Gasteiger partial charge in [-0.15, -0.1) is 0 Å². The Hall–Kier alpha value is -0.590. The van der Waals surface area contributed by atoms with Crippen LogP contribution in [0.25, 0.3) is 0 Å². The molecule has 7 heteroatoms. The fraction of sp³-hybridized carbons (Fsp3) is 0.500. The second kappa shape index (κ2) is 11.9. The molecule has 6 nitrogen and oxygen atoms in total. The van der Waals surface area contributed by atoms with E-state index in [1.54, 1.807) is 13.8 Å². The molecule has 0 heterocycles. The van der Waals surface area contributed by atoms with Gasteiger partial charge in [-0.1, -0.05) is 19.9 Å². The third-order valence-corrected chi connectivity index (χ3v) is 1.59. The zero-order valence-corrected chi connectivity index (χ0v) is 9.40. The van der Waals surface area contributed by atoms with Crippen LogP contribution in [0.4, 0.5) is 0 Å². The molecule has 0 unspecified atom stereocenters. The molecule has 0 aromatic heterocycles. The summed E-state index contributed by atoms with van der Waals surface area (Å²) in [5.74, 6) is -4.18. The number of carbonyl (C=O) groups is 3. The summed E-state index contributed by atoms with van der Waals surface area (Å²) < 4.78 is 0. The van der Waals surface area contributed by atoms with Gasteiger partial charge < -0.3 is 15.9 Å². The van der Waals surface area contributed by atoms with Gasteiger partial charge in [0.1, 0.15) is 0 Å². The molecule has 0 saturated heterocycles. The predicted molar refractivity (Wildman–Crippen MR) is 66.2 cm³/mol. The molecular formula is C10H19CaNO5.